The highest BCUT2D eigenvalue weighted by Gasteiger charge is 2.30. The molecule has 0 spiro atoms. The molecular weight excluding hydrogens is 334 g/mol. The number of methoxy groups -OCH3 is 2. The molecule has 1 aliphatic heterocycles. The van der Waals surface area contributed by atoms with Crippen LogP contribution in [0.5, 0.6) is 0 Å². The van der Waals surface area contributed by atoms with Gasteiger partial charge in [-0.25, -0.2) is 15.0 Å². The Morgan fingerprint density at radius 3 is 2.38 bits per heavy atom. The molecule has 0 saturated heterocycles. The van der Waals surface area contributed by atoms with Crippen molar-refractivity contribution in [2.24, 2.45) is 15.9 Å². The van der Waals surface area contributed by atoms with Gasteiger partial charge in [-0.15, -0.1) is 0 Å². The van der Waals surface area contributed by atoms with Crippen LogP contribution in [0.4, 0.5) is 0 Å². The average Bonchev–Trinajstić information content (AvgIpc) is 2.48. The Labute approximate surface area is 133 Å². The molecule has 6 heteroatoms. The van der Waals surface area contributed by atoms with E-state index in [1.54, 1.807) is 14.2 Å². The fourth-order valence-corrected chi connectivity index (χ4v) is 2.48. The number of pyridine rings is 1. The van der Waals surface area contributed by atoms with Gasteiger partial charge in [0, 0.05) is 12.6 Å². The highest BCUT2D eigenvalue weighted by Crippen LogP contribution is 2.20. The van der Waals surface area contributed by atoms with Crippen LogP contribution in [-0.2, 0) is 15.9 Å². The second kappa shape index (κ2) is 7.02. The fourth-order valence-electron chi connectivity index (χ4n) is 2.24. The normalized spacial score (nSPS) is 21.8. The lowest BCUT2D eigenvalue weighted by Crippen LogP contribution is -2.38. The molecule has 0 bridgehead atoms. The smallest absolute Gasteiger partial charge is 0.209 e. The molecule has 5 nitrogen and oxygen atoms in total. The summed E-state index contributed by atoms with van der Waals surface area (Å²) in [5.41, 5.74) is 1.08. The Kier molecular flexibility index (Phi) is 5.33. The van der Waals surface area contributed by atoms with E-state index in [0.717, 1.165) is 10.2 Å². The molecule has 21 heavy (non-hydrogen) atoms. The summed E-state index contributed by atoms with van der Waals surface area (Å²) in [6, 6.07) is 3.69. The molecule has 2 rings (SSSR count). The molecule has 2 atom stereocenters. The largest absolute Gasteiger partial charge is 0.483 e. The molecule has 2 heterocycles. The van der Waals surface area contributed by atoms with Crippen molar-refractivity contribution in [1.82, 2.24) is 4.98 Å². The predicted molar refractivity (Wildman–Crippen MR) is 86.9 cm³/mol. The Bertz CT molecular complexity index is 540. The Hall–Kier alpha value is -1.43. The van der Waals surface area contributed by atoms with Crippen molar-refractivity contribution in [3.05, 3.63) is 28.5 Å². The SMILES string of the molecule is COC1=NC(C(C)C)C(OC)=NC1Cc1ccc(Br)nc1. The lowest BCUT2D eigenvalue weighted by Gasteiger charge is -2.27. The number of halogens is 1. The fraction of sp³-hybridized carbons (Fsp3) is 0.533. The highest BCUT2D eigenvalue weighted by atomic mass is 79.9. The Morgan fingerprint density at radius 2 is 1.86 bits per heavy atom. The van der Waals surface area contributed by atoms with Gasteiger partial charge >= 0.3 is 0 Å². The van der Waals surface area contributed by atoms with Gasteiger partial charge in [0.15, 0.2) is 0 Å². The summed E-state index contributed by atoms with van der Waals surface area (Å²) < 4.78 is 11.7. The van der Waals surface area contributed by atoms with Crippen LogP contribution < -0.4 is 0 Å². The van der Waals surface area contributed by atoms with Gasteiger partial charge in [0.2, 0.25) is 11.8 Å². The molecule has 0 radical (unpaired) electrons. The Morgan fingerprint density at radius 1 is 1.14 bits per heavy atom. The van der Waals surface area contributed by atoms with Crippen LogP contribution in [0.15, 0.2) is 32.9 Å². The Balaban J connectivity index is 2.23. The maximum Gasteiger partial charge on any atom is 0.209 e. The van der Waals surface area contributed by atoms with Crippen LogP contribution in [0.1, 0.15) is 19.4 Å². The number of ether oxygens (including phenoxy) is 2. The first kappa shape index (κ1) is 15.9. The minimum Gasteiger partial charge on any atom is -0.483 e. The molecule has 0 fully saturated rings. The van der Waals surface area contributed by atoms with E-state index < -0.39 is 0 Å². The van der Waals surface area contributed by atoms with Gasteiger partial charge in [-0.05, 0) is 33.5 Å². The van der Waals surface area contributed by atoms with Gasteiger partial charge in [-0.3, -0.25) is 0 Å². The molecule has 0 saturated carbocycles. The standard InChI is InChI=1S/C15H20BrN3O2/c1-9(2)13-15(21-4)18-11(14(19-13)20-3)7-10-5-6-12(16)17-8-10/h5-6,8-9,11,13H,7H2,1-4H3. The summed E-state index contributed by atoms with van der Waals surface area (Å²) in [5, 5.41) is 0. The van der Waals surface area contributed by atoms with Crippen LogP contribution in [0.3, 0.4) is 0 Å². The van der Waals surface area contributed by atoms with E-state index in [0.29, 0.717) is 24.1 Å². The molecular formula is C15H20BrN3O2. The van der Waals surface area contributed by atoms with E-state index >= 15 is 0 Å². The maximum absolute atomic E-state index is 5.43. The first-order valence-corrected chi connectivity index (χ1v) is 7.68. The summed E-state index contributed by atoms with van der Waals surface area (Å²) in [5.74, 6) is 1.63. The topological polar surface area (TPSA) is 56.1 Å². The third-order valence-corrected chi connectivity index (χ3v) is 3.82. The van der Waals surface area contributed by atoms with Crippen molar-refractivity contribution in [2.75, 3.05) is 14.2 Å². The first-order chi connectivity index (χ1) is 10.0. The average molecular weight is 354 g/mol. The van der Waals surface area contributed by atoms with Gasteiger partial charge < -0.3 is 9.47 Å². The number of aliphatic imine (C=N–C) groups is 2. The zero-order chi connectivity index (χ0) is 15.4. The zero-order valence-electron chi connectivity index (χ0n) is 12.7. The van der Waals surface area contributed by atoms with Crippen LogP contribution in [0.2, 0.25) is 0 Å². The van der Waals surface area contributed by atoms with Gasteiger partial charge in [0.25, 0.3) is 0 Å². The van der Waals surface area contributed by atoms with E-state index in [1.807, 2.05) is 18.3 Å². The van der Waals surface area contributed by atoms with Gasteiger partial charge in [0.05, 0.1) is 14.2 Å². The lowest BCUT2D eigenvalue weighted by molar-refractivity contribution is 0.332. The second-order valence-corrected chi connectivity index (χ2v) is 6.05. The maximum atomic E-state index is 5.43. The quantitative estimate of drug-likeness (QED) is 0.785. The van der Waals surface area contributed by atoms with Gasteiger partial charge in [-0.1, -0.05) is 19.9 Å². The molecule has 0 N–H and O–H groups in total. The summed E-state index contributed by atoms with van der Waals surface area (Å²) in [4.78, 5) is 13.6. The highest BCUT2D eigenvalue weighted by molar-refractivity contribution is 9.10. The number of rotatable bonds is 3. The van der Waals surface area contributed by atoms with Crippen molar-refractivity contribution in [2.45, 2.75) is 32.4 Å². The summed E-state index contributed by atoms with van der Waals surface area (Å²) in [7, 11) is 3.27. The van der Waals surface area contributed by atoms with E-state index in [-0.39, 0.29) is 12.1 Å². The van der Waals surface area contributed by atoms with Crippen LogP contribution in [0, 0.1) is 5.92 Å². The molecule has 0 aliphatic carbocycles. The van der Waals surface area contributed by atoms with Gasteiger partial charge in [-0.2, -0.15) is 0 Å². The molecule has 0 aromatic carbocycles. The lowest BCUT2D eigenvalue weighted by atomic mass is 10.0. The van der Waals surface area contributed by atoms with Gasteiger partial charge in [0.1, 0.15) is 16.7 Å². The molecule has 1 aliphatic rings. The third-order valence-electron chi connectivity index (χ3n) is 3.35. The van der Waals surface area contributed by atoms with E-state index in [9.17, 15) is 0 Å². The first-order valence-electron chi connectivity index (χ1n) is 6.89. The number of aromatic nitrogens is 1. The minimum atomic E-state index is -0.164. The van der Waals surface area contributed by atoms with Crippen molar-refractivity contribution < 1.29 is 9.47 Å². The third kappa shape index (κ3) is 3.81. The molecule has 2 unspecified atom stereocenters. The van der Waals surface area contributed by atoms with Crippen LogP contribution in [-0.4, -0.2) is 43.1 Å². The molecule has 114 valence electrons. The molecule has 0 amide bonds. The van der Waals surface area contributed by atoms with Crippen LogP contribution in [0.25, 0.3) is 0 Å². The van der Waals surface area contributed by atoms with E-state index in [1.165, 1.54) is 0 Å². The monoisotopic (exact) mass is 353 g/mol. The summed E-state index contributed by atoms with van der Waals surface area (Å²) in [6.45, 7) is 4.18. The van der Waals surface area contributed by atoms with E-state index in [2.05, 4.69) is 44.7 Å². The predicted octanol–water partition coefficient (Wildman–Crippen LogP) is 2.88. The number of hydrogen-bond acceptors (Lipinski definition) is 5. The second-order valence-electron chi connectivity index (χ2n) is 5.24. The van der Waals surface area contributed by atoms with Crippen molar-refractivity contribution in [3.8, 4) is 0 Å². The number of nitrogens with zero attached hydrogens (tertiary/aromatic N) is 3. The number of hydrogen-bond donors (Lipinski definition) is 0. The van der Waals surface area contributed by atoms with Crippen molar-refractivity contribution in [3.63, 3.8) is 0 Å². The molecule has 1 aromatic rings. The summed E-state index contributed by atoms with van der Waals surface area (Å²) in [6.07, 6.45) is 2.51. The minimum absolute atomic E-state index is 0.0794. The molecule has 1 aromatic heterocycles. The zero-order valence-corrected chi connectivity index (χ0v) is 14.3. The van der Waals surface area contributed by atoms with Crippen LogP contribution >= 0.6 is 15.9 Å². The van der Waals surface area contributed by atoms with Crippen molar-refractivity contribution in [1.29, 1.82) is 0 Å². The van der Waals surface area contributed by atoms with E-state index in [4.69, 9.17) is 9.47 Å². The van der Waals surface area contributed by atoms with Crippen molar-refractivity contribution >= 4 is 27.7 Å². The summed E-state index contributed by atoms with van der Waals surface area (Å²) >= 11 is 3.33.